The van der Waals surface area contributed by atoms with Crippen LogP contribution in [0.4, 0.5) is 5.69 Å². The average Bonchev–Trinajstić information content (AvgIpc) is 2.58. The minimum atomic E-state index is -0.518. The number of carbonyl (C=O) groups excluding carboxylic acids is 1. The highest BCUT2D eigenvalue weighted by molar-refractivity contribution is 5.77. The molecule has 1 fully saturated rings. The smallest absolute Gasteiger partial charge is 0.273 e. The monoisotopic (exact) mass is 322 g/mol. The second kappa shape index (κ2) is 8.36. The van der Waals surface area contributed by atoms with Crippen LogP contribution in [0.2, 0.25) is 0 Å². The molecule has 0 aromatic heterocycles. The second-order valence-electron chi connectivity index (χ2n) is 5.69. The maximum Gasteiger partial charge on any atom is 0.273 e. The van der Waals surface area contributed by atoms with Gasteiger partial charge in [-0.15, -0.1) is 0 Å². The Morgan fingerprint density at radius 1 is 1.30 bits per heavy atom. The van der Waals surface area contributed by atoms with Gasteiger partial charge in [-0.2, -0.15) is 0 Å². The molecule has 0 atom stereocenters. The topological polar surface area (TPSA) is 90.7 Å². The normalized spacial score (nSPS) is 15.0. The number of benzene rings is 1. The van der Waals surface area contributed by atoms with Crippen molar-refractivity contribution in [1.82, 2.24) is 5.32 Å². The number of carbonyl (C=O) groups is 1. The SMILES string of the molecule is COc1ccc([N+](=O)[O-])cc1OCC(=O)NCC1CCCCC1. The minimum Gasteiger partial charge on any atom is -0.493 e. The van der Waals surface area contributed by atoms with E-state index in [1.807, 2.05) is 0 Å². The van der Waals surface area contributed by atoms with E-state index in [2.05, 4.69) is 5.32 Å². The van der Waals surface area contributed by atoms with Crippen molar-refractivity contribution < 1.29 is 19.2 Å². The summed E-state index contributed by atoms with van der Waals surface area (Å²) in [5, 5.41) is 13.7. The van der Waals surface area contributed by atoms with Gasteiger partial charge in [0.05, 0.1) is 18.1 Å². The molecule has 0 aliphatic heterocycles. The van der Waals surface area contributed by atoms with E-state index in [0.29, 0.717) is 18.2 Å². The van der Waals surface area contributed by atoms with Gasteiger partial charge in [0, 0.05) is 12.6 Å². The molecule has 0 radical (unpaired) electrons. The van der Waals surface area contributed by atoms with Crippen LogP contribution in [-0.2, 0) is 4.79 Å². The third kappa shape index (κ3) is 5.12. The Hall–Kier alpha value is -2.31. The lowest BCUT2D eigenvalue weighted by Crippen LogP contribution is -2.33. The fourth-order valence-corrected chi connectivity index (χ4v) is 2.74. The van der Waals surface area contributed by atoms with Gasteiger partial charge in [0.2, 0.25) is 0 Å². The molecular formula is C16H22N2O5. The molecule has 126 valence electrons. The highest BCUT2D eigenvalue weighted by Gasteiger charge is 2.16. The van der Waals surface area contributed by atoms with Gasteiger partial charge in [-0.3, -0.25) is 14.9 Å². The largest absolute Gasteiger partial charge is 0.493 e. The fourth-order valence-electron chi connectivity index (χ4n) is 2.74. The van der Waals surface area contributed by atoms with E-state index in [4.69, 9.17) is 9.47 Å². The third-order valence-corrected chi connectivity index (χ3v) is 4.03. The number of nitro benzene ring substituents is 1. The van der Waals surface area contributed by atoms with E-state index < -0.39 is 4.92 Å². The Balaban J connectivity index is 1.85. The van der Waals surface area contributed by atoms with Crippen LogP contribution in [0.1, 0.15) is 32.1 Å². The lowest BCUT2D eigenvalue weighted by molar-refractivity contribution is -0.385. The van der Waals surface area contributed by atoms with Gasteiger partial charge >= 0.3 is 0 Å². The van der Waals surface area contributed by atoms with Crippen LogP contribution in [0, 0.1) is 16.0 Å². The molecule has 1 aromatic carbocycles. The number of nitro groups is 1. The Bertz CT molecular complexity index is 555. The van der Waals surface area contributed by atoms with E-state index in [-0.39, 0.29) is 24.0 Å². The van der Waals surface area contributed by atoms with E-state index in [1.54, 1.807) is 0 Å². The van der Waals surface area contributed by atoms with E-state index >= 15 is 0 Å². The predicted molar refractivity (Wildman–Crippen MR) is 84.7 cm³/mol. The summed E-state index contributed by atoms with van der Waals surface area (Å²) in [4.78, 5) is 22.1. The zero-order valence-electron chi connectivity index (χ0n) is 13.2. The number of hydrogen-bond acceptors (Lipinski definition) is 5. The molecule has 0 bridgehead atoms. The summed E-state index contributed by atoms with van der Waals surface area (Å²) in [6, 6.07) is 4.04. The van der Waals surface area contributed by atoms with Gasteiger partial charge < -0.3 is 14.8 Å². The summed E-state index contributed by atoms with van der Waals surface area (Å²) >= 11 is 0. The summed E-state index contributed by atoms with van der Waals surface area (Å²) < 4.78 is 10.5. The van der Waals surface area contributed by atoms with Gasteiger partial charge in [-0.05, 0) is 24.8 Å². The van der Waals surface area contributed by atoms with Crippen molar-refractivity contribution in [3.63, 3.8) is 0 Å². The molecule has 1 aliphatic rings. The van der Waals surface area contributed by atoms with Gasteiger partial charge in [0.25, 0.3) is 11.6 Å². The standard InChI is InChI=1S/C16H22N2O5/c1-22-14-8-7-13(18(20)21)9-15(14)23-11-16(19)17-10-12-5-3-2-4-6-12/h7-9,12H,2-6,10-11H2,1H3,(H,17,19). The van der Waals surface area contributed by atoms with Crippen molar-refractivity contribution in [2.24, 2.45) is 5.92 Å². The molecule has 0 saturated heterocycles. The van der Waals surface area contributed by atoms with Gasteiger partial charge in [0.1, 0.15) is 0 Å². The molecule has 1 aliphatic carbocycles. The molecule has 0 spiro atoms. The highest BCUT2D eigenvalue weighted by Crippen LogP contribution is 2.31. The molecular weight excluding hydrogens is 300 g/mol. The van der Waals surface area contributed by atoms with Crippen molar-refractivity contribution in [2.75, 3.05) is 20.3 Å². The molecule has 2 rings (SSSR count). The summed E-state index contributed by atoms with van der Waals surface area (Å²) in [6.45, 7) is 0.471. The fraction of sp³-hybridized carbons (Fsp3) is 0.562. The van der Waals surface area contributed by atoms with Crippen LogP contribution < -0.4 is 14.8 Å². The summed E-state index contributed by atoms with van der Waals surface area (Å²) in [5.74, 6) is 0.856. The van der Waals surface area contributed by atoms with Crippen LogP contribution in [0.5, 0.6) is 11.5 Å². The zero-order chi connectivity index (χ0) is 16.7. The number of amides is 1. The van der Waals surface area contributed by atoms with Crippen LogP contribution >= 0.6 is 0 Å². The maximum absolute atomic E-state index is 11.9. The molecule has 1 N–H and O–H groups in total. The molecule has 1 saturated carbocycles. The Morgan fingerprint density at radius 2 is 2.04 bits per heavy atom. The van der Waals surface area contributed by atoms with Crippen molar-refractivity contribution in [1.29, 1.82) is 0 Å². The third-order valence-electron chi connectivity index (χ3n) is 4.03. The number of nitrogens with one attached hydrogen (secondary N) is 1. The first-order chi connectivity index (χ1) is 11.1. The van der Waals surface area contributed by atoms with Gasteiger partial charge in [-0.1, -0.05) is 19.3 Å². The summed E-state index contributed by atoms with van der Waals surface area (Å²) in [5.41, 5.74) is -0.108. The zero-order valence-corrected chi connectivity index (χ0v) is 13.2. The van der Waals surface area contributed by atoms with Gasteiger partial charge in [-0.25, -0.2) is 0 Å². The summed E-state index contributed by atoms with van der Waals surface area (Å²) in [6.07, 6.45) is 6.03. The lowest BCUT2D eigenvalue weighted by Gasteiger charge is -2.21. The molecule has 7 nitrogen and oxygen atoms in total. The van der Waals surface area contributed by atoms with Crippen molar-refractivity contribution in [2.45, 2.75) is 32.1 Å². The first-order valence-electron chi connectivity index (χ1n) is 7.82. The van der Waals surface area contributed by atoms with Crippen LogP contribution in [0.15, 0.2) is 18.2 Å². The molecule has 0 heterocycles. The number of rotatable bonds is 7. The molecule has 1 aromatic rings. The van der Waals surface area contributed by atoms with Crippen LogP contribution in [0.3, 0.4) is 0 Å². The first-order valence-corrected chi connectivity index (χ1v) is 7.82. The first kappa shape index (κ1) is 17.1. The highest BCUT2D eigenvalue weighted by atomic mass is 16.6. The van der Waals surface area contributed by atoms with Crippen LogP contribution in [0.25, 0.3) is 0 Å². The average molecular weight is 322 g/mol. The van der Waals surface area contributed by atoms with Gasteiger partial charge in [0.15, 0.2) is 18.1 Å². The Morgan fingerprint density at radius 3 is 2.70 bits per heavy atom. The summed E-state index contributed by atoms with van der Waals surface area (Å²) in [7, 11) is 1.44. The quantitative estimate of drug-likeness (QED) is 0.615. The maximum atomic E-state index is 11.9. The second-order valence-corrected chi connectivity index (χ2v) is 5.69. The van der Waals surface area contributed by atoms with Crippen molar-refractivity contribution in [3.05, 3.63) is 28.3 Å². The lowest BCUT2D eigenvalue weighted by atomic mass is 9.89. The molecule has 1 amide bonds. The molecule has 7 heteroatoms. The van der Waals surface area contributed by atoms with E-state index in [1.165, 1.54) is 44.6 Å². The Labute approximate surface area is 135 Å². The van der Waals surface area contributed by atoms with Crippen molar-refractivity contribution >= 4 is 11.6 Å². The Kier molecular flexibility index (Phi) is 6.19. The van der Waals surface area contributed by atoms with Crippen molar-refractivity contribution in [3.8, 4) is 11.5 Å². The number of ether oxygens (including phenoxy) is 2. The number of methoxy groups -OCH3 is 1. The van der Waals surface area contributed by atoms with Crippen LogP contribution in [-0.4, -0.2) is 31.1 Å². The number of non-ortho nitro benzene ring substituents is 1. The predicted octanol–water partition coefficient (Wildman–Crippen LogP) is 2.68. The van der Waals surface area contributed by atoms with E-state index in [0.717, 1.165) is 12.8 Å². The van der Waals surface area contributed by atoms with E-state index in [9.17, 15) is 14.9 Å². The number of hydrogen-bond donors (Lipinski definition) is 1. The number of nitrogens with zero attached hydrogens (tertiary/aromatic N) is 1. The molecule has 23 heavy (non-hydrogen) atoms. The minimum absolute atomic E-state index is 0.108. The molecule has 0 unspecified atom stereocenters.